The molecule has 3 aromatic rings. The molecule has 1 unspecified atom stereocenters. The lowest BCUT2D eigenvalue weighted by atomic mass is 10.0. The van der Waals surface area contributed by atoms with E-state index in [1.807, 2.05) is 12.1 Å². The van der Waals surface area contributed by atoms with Gasteiger partial charge in [0.25, 0.3) is 0 Å². The van der Waals surface area contributed by atoms with Crippen LogP contribution in [0.1, 0.15) is 11.7 Å². The van der Waals surface area contributed by atoms with Gasteiger partial charge in [0.15, 0.2) is 0 Å². The lowest BCUT2D eigenvalue weighted by Gasteiger charge is -2.05. The Kier molecular flexibility index (Phi) is 2.01. The highest BCUT2D eigenvalue weighted by molar-refractivity contribution is 7.17. The molecule has 0 amide bonds. The second kappa shape index (κ2) is 3.45. The number of hydrogen-bond donors (Lipinski definition) is 0. The summed E-state index contributed by atoms with van der Waals surface area (Å²) < 4.78 is 6.76. The summed E-state index contributed by atoms with van der Waals surface area (Å²) in [5.41, 5.74) is 1.32. The largest absolute Gasteiger partial charge is 0.368 e. The number of thiophene rings is 1. The molecule has 0 bridgehead atoms. The van der Waals surface area contributed by atoms with Crippen molar-refractivity contribution in [3.63, 3.8) is 0 Å². The molecule has 1 atom stereocenters. The number of hydrogen-bond acceptors (Lipinski definition) is 2. The van der Waals surface area contributed by atoms with E-state index in [0.29, 0.717) is 6.10 Å². The third-order valence-corrected chi connectivity index (χ3v) is 4.42. The summed E-state index contributed by atoms with van der Waals surface area (Å²) in [6, 6.07) is 10.5. The van der Waals surface area contributed by atoms with Crippen molar-refractivity contribution in [2.75, 3.05) is 6.61 Å². The maximum absolute atomic E-state index is 6.08. The summed E-state index contributed by atoms with van der Waals surface area (Å²) in [7, 11) is 0. The van der Waals surface area contributed by atoms with Gasteiger partial charge in [-0.2, -0.15) is 0 Å². The minimum Gasteiger partial charge on any atom is -0.368 e. The van der Waals surface area contributed by atoms with Gasteiger partial charge >= 0.3 is 0 Å². The Morgan fingerprint density at radius 3 is 2.88 bits per heavy atom. The van der Waals surface area contributed by atoms with Crippen LogP contribution in [0.25, 0.3) is 20.9 Å². The zero-order valence-corrected chi connectivity index (χ0v) is 10.5. The molecule has 1 aliphatic rings. The topological polar surface area (TPSA) is 12.5 Å². The fourth-order valence-electron chi connectivity index (χ4n) is 2.33. The summed E-state index contributed by atoms with van der Waals surface area (Å²) >= 11 is 7.86. The predicted molar refractivity (Wildman–Crippen MR) is 73.0 cm³/mol. The van der Waals surface area contributed by atoms with Crippen molar-refractivity contribution < 1.29 is 4.74 Å². The molecule has 2 heterocycles. The molecule has 1 saturated heterocycles. The standard InChI is InChI=1S/C14H9ClOS/c15-9-2-1-8-5-12(13-7-16-13)14-10(3-4-17-14)11(8)6-9/h1-6,13H,7H2. The molecule has 1 nitrogen and oxygen atoms in total. The van der Waals surface area contributed by atoms with Gasteiger partial charge < -0.3 is 4.74 Å². The Hall–Kier alpha value is -1.09. The molecule has 3 heteroatoms. The van der Waals surface area contributed by atoms with Crippen LogP contribution in [-0.4, -0.2) is 6.61 Å². The SMILES string of the molecule is Clc1ccc2cc(C3CO3)c3sccc3c2c1. The molecular formula is C14H9ClOS. The van der Waals surface area contributed by atoms with Crippen molar-refractivity contribution in [1.82, 2.24) is 0 Å². The van der Waals surface area contributed by atoms with E-state index >= 15 is 0 Å². The van der Waals surface area contributed by atoms with Crippen molar-refractivity contribution >= 4 is 43.8 Å². The van der Waals surface area contributed by atoms with Crippen LogP contribution in [0, 0.1) is 0 Å². The molecule has 1 aromatic heterocycles. The van der Waals surface area contributed by atoms with Crippen molar-refractivity contribution in [3.05, 3.63) is 46.3 Å². The van der Waals surface area contributed by atoms with Gasteiger partial charge in [-0.1, -0.05) is 17.7 Å². The Labute approximate surface area is 108 Å². The van der Waals surface area contributed by atoms with Crippen LogP contribution in [0.15, 0.2) is 35.7 Å². The fourth-order valence-corrected chi connectivity index (χ4v) is 3.48. The van der Waals surface area contributed by atoms with Crippen LogP contribution in [0.2, 0.25) is 5.02 Å². The maximum atomic E-state index is 6.08. The van der Waals surface area contributed by atoms with E-state index in [-0.39, 0.29) is 0 Å². The summed E-state index contributed by atoms with van der Waals surface area (Å²) in [5.74, 6) is 0. The normalized spacial score (nSPS) is 19.0. The van der Waals surface area contributed by atoms with Crippen LogP contribution in [0.3, 0.4) is 0 Å². The summed E-state index contributed by atoms with van der Waals surface area (Å²) in [6.45, 7) is 0.853. The highest BCUT2D eigenvalue weighted by Crippen LogP contribution is 2.41. The van der Waals surface area contributed by atoms with Crippen molar-refractivity contribution in [2.45, 2.75) is 6.10 Å². The number of fused-ring (bicyclic) bond motifs is 3. The van der Waals surface area contributed by atoms with Crippen molar-refractivity contribution in [2.24, 2.45) is 0 Å². The van der Waals surface area contributed by atoms with Crippen LogP contribution >= 0.6 is 22.9 Å². The molecule has 0 spiro atoms. The second-order valence-corrected chi connectivity index (χ2v) is 5.67. The van der Waals surface area contributed by atoms with Gasteiger partial charge in [-0.3, -0.25) is 0 Å². The van der Waals surface area contributed by atoms with Crippen molar-refractivity contribution in [3.8, 4) is 0 Å². The van der Waals surface area contributed by atoms with Gasteiger partial charge in [0, 0.05) is 20.7 Å². The van der Waals surface area contributed by atoms with Crippen LogP contribution < -0.4 is 0 Å². The molecule has 0 radical (unpaired) electrons. The third-order valence-electron chi connectivity index (χ3n) is 3.22. The molecule has 1 fully saturated rings. The van der Waals surface area contributed by atoms with E-state index in [9.17, 15) is 0 Å². The first-order valence-corrected chi connectivity index (χ1v) is 6.80. The van der Waals surface area contributed by atoms with Gasteiger partial charge in [-0.05, 0) is 40.4 Å². The first-order chi connectivity index (χ1) is 8.33. The van der Waals surface area contributed by atoms with E-state index in [4.69, 9.17) is 16.3 Å². The molecule has 1 aliphatic heterocycles. The Bertz CT molecular complexity index is 727. The van der Waals surface area contributed by atoms with E-state index in [1.54, 1.807) is 11.3 Å². The predicted octanol–water partition coefficient (Wildman–Crippen LogP) is 4.78. The average molecular weight is 261 g/mol. The minimum absolute atomic E-state index is 0.302. The second-order valence-electron chi connectivity index (χ2n) is 4.32. The van der Waals surface area contributed by atoms with Crippen molar-refractivity contribution in [1.29, 1.82) is 0 Å². The lowest BCUT2D eigenvalue weighted by Crippen LogP contribution is -1.83. The number of benzene rings is 2. The van der Waals surface area contributed by atoms with Crippen LogP contribution in [-0.2, 0) is 4.74 Å². The molecule has 0 saturated carbocycles. The average Bonchev–Trinajstić information content (AvgIpc) is 3.05. The molecule has 84 valence electrons. The van der Waals surface area contributed by atoms with Gasteiger partial charge in [0.2, 0.25) is 0 Å². The Balaban J connectivity index is 2.19. The number of halogens is 1. The lowest BCUT2D eigenvalue weighted by molar-refractivity contribution is 0.417. The van der Waals surface area contributed by atoms with Crippen LogP contribution in [0.4, 0.5) is 0 Å². The maximum Gasteiger partial charge on any atom is 0.107 e. The minimum atomic E-state index is 0.302. The Morgan fingerprint density at radius 2 is 2.06 bits per heavy atom. The summed E-state index contributed by atoms with van der Waals surface area (Å²) in [5, 5.41) is 6.70. The quantitative estimate of drug-likeness (QED) is 0.574. The van der Waals surface area contributed by atoms with Gasteiger partial charge in [-0.15, -0.1) is 11.3 Å². The molecule has 0 N–H and O–H groups in total. The molecule has 4 rings (SSSR count). The van der Waals surface area contributed by atoms with Gasteiger partial charge in [0.1, 0.15) is 6.10 Å². The Morgan fingerprint density at radius 1 is 1.18 bits per heavy atom. The molecular weight excluding hydrogens is 252 g/mol. The van der Waals surface area contributed by atoms with E-state index < -0.39 is 0 Å². The van der Waals surface area contributed by atoms with Gasteiger partial charge in [-0.25, -0.2) is 0 Å². The summed E-state index contributed by atoms with van der Waals surface area (Å²) in [4.78, 5) is 0. The number of rotatable bonds is 1. The number of ether oxygens (including phenoxy) is 1. The zero-order chi connectivity index (χ0) is 11.4. The molecule has 17 heavy (non-hydrogen) atoms. The fraction of sp³-hybridized carbons (Fsp3) is 0.143. The highest BCUT2D eigenvalue weighted by Gasteiger charge is 2.27. The summed E-state index contributed by atoms with van der Waals surface area (Å²) in [6.07, 6.45) is 0.302. The monoisotopic (exact) mass is 260 g/mol. The third kappa shape index (κ3) is 1.48. The first-order valence-electron chi connectivity index (χ1n) is 5.54. The molecule has 0 aliphatic carbocycles. The number of epoxide rings is 1. The smallest absolute Gasteiger partial charge is 0.107 e. The first kappa shape index (κ1) is 9.89. The van der Waals surface area contributed by atoms with Gasteiger partial charge in [0.05, 0.1) is 6.61 Å². The zero-order valence-electron chi connectivity index (χ0n) is 8.94. The highest BCUT2D eigenvalue weighted by atomic mass is 35.5. The van der Waals surface area contributed by atoms with E-state index in [0.717, 1.165) is 11.6 Å². The van der Waals surface area contributed by atoms with Crippen LogP contribution in [0.5, 0.6) is 0 Å². The van der Waals surface area contributed by atoms with E-state index in [2.05, 4.69) is 23.6 Å². The van der Waals surface area contributed by atoms with E-state index in [1.165, 1.54) is 26.4 Å². The molecule has 2 aromatic carbocycles.